The fourth-order valence-electron chi connectivity index (χ4n) is 3.68. The maximum Gasteiger partial charge on any atom is 0.272 e. The van der Waals surface area contributed by atoms with Crippen molar-refractivity contribution in [2.24, 2.45) is 7.05 Å². The van der Waals surface area contributed by atoms with Crippen molar-refractivity contribution < 1.29 is 23.5 Å². The normalized spacial score (nSPS) is 12.5. The third-order valence-electron chi connectivity index (χ3n) is 5.38. The van der Waals surface area contributed by atoms with Crippen LogP contribution >= 0.6 is 11.6 Å². The molecule has 0 saturated heterocycles. The van der Waals surface area contributed by atoms with Gasteiger partial charge in [0.25, 0.3) is 17.7 Å². The van der Waals surface area contributed by atoms with Crippen molar-refractivity contribution in [3.8, 4) is 5.75 Å². The molecule has 3 amide bonds. The average molecular weight is 510 g/mol. The van der Waals surface area contributed by atoms with E-state index in [1.54, 1.807) is 25.2 Å². The van der Waals surface area contributed by atoms with Crippen LogP contribution in [0.4, 0.5) is 15.9 Å². The highest BCUT2D eigenvalue weighted by Crippen LogP contribution is 2.28. The van der Waals surface area contributed by atoms with Gasteiger partial charge in [0.1, 0.15) is 28.9 Å². The van der Waals surface area contributed by atoms with Gasteiger partial charge in [-0.05, 0) is 35.9 Å². The lowest BCUT2D eigenvalue weighted by Gasteiger charge is -2.18. The molecule has 4 aromatic rings. The van der Waals surface area contributed by atoms with Gasteiger partial charge in [0.2, 0.25) is 0 Å². The van der Waals surface area contributed by atoms with Gasteiger partial charge in [0, 0.05) is 19.2 Å². The van der Waals surface area contributed by atoms with Gasteiger partial charge in [-0.1, -0.05) is 17.7 Å². The van der Waals surface area contributed by atoms with Crippen LogP contribution < -0.4 is 20.7 Å². The van der Waals surface area contributed by atoms with Crippen molar-refractivity contribution in [1.82, 2.24) is 25.1 Å². The van der Waals surface area contributed by atoms with Crippen LogP contribution in [0.15, 0.2) is 42.7 Å². The number of aryl methyl sites for hydroxylation is 1. The average Bonchev–Trinajstić information content (AvgIpc) is 3.19. The Morgan fingerprint density at radius 1 is 1.19 bits per heavy atom. The molecule has 0 fully saturated rings. The van der Waals surface area contributed by atoms with Gasteiger partial charge in [-0.25, -0.2) is 14.4 Å². The van der Waals surface area contributed by atoms with Gasteiger partial charge in [-0.15, -0.1) is 0 Å². The van der Waals surface area contributed by atoms with Crippen LogP contribution in [0.3, 0.4) is 0 Å². The zero-order valence-corrected chi connectivity index (χ0v) is 19.4. The molecule has 1 aliphatic heterocycles. The molecule has 36 heavy (non-hydrogen) atoms. The maximum absolute atomic E-state index is 13.4. The van der Waals surface area contributed by atoms with Crippen LogP contribution in [0.2, 0.25) is 5.02 Å². The number of rotatable bonds is 5. The third-order valence-corrected chi connectivity index (χ3v) is 5.67. The molecule has 1 aliphatic rings. The van der Waals surface area contributed by atoms with E-state index in [0.29, 0.717) is 17.0 Å². The first-order valence-electron chi connectivity index (χ1n) is 10.6. The molecule has 13 heteroatoms. The van der Waals surface area contributed by atoms with Crippen LogP contribution in [0, 0.1) is 5.82 Å². The summed E-state index contributed by atoms with van der Waals surface area (Å²) in [4.78, 5) is 45.4. The Hall–Kier alpha value is -4.58. The summed E-state index contributed by atoms with van der Waals surface area (Å²) in [6.45, 7) is 0.109. The molecule has 0 atom stereocenters. The lowest BCUT2D eigenvalue weighted by Crippen LogP contribution is -2.26. The zero-order chi connectivity index (χ0) is 25.4. The molecule has 3 heterocycles. The van der Waals surface area contributed by atoms with E-state index in [1.807, 2.05) is 0 Å². The Bertz CT molecular complexity index is 1560. The quantitative estimate of drug-likeness (QED) is 0.375. The van der Waals surface area contributed by atoms with Crippen LogP contribution in [0.1, 0.15) is 26.4 Å². The molecule has 0 aliphatic carbocycles. The Morgan fingerprint density at radius 3 is 2.83 bits per heavy atom. The number of benzene rings is 2. The number of halogens is 2. The second-order valence-corrected chi connectivity index (χ2v) is 8.23. The van der Waals surface area contributed by atoms with Crippen molar-refractivity contribution in [1.29, 1.82) is 0 Å². The first kappa shape index (κ1) is 23.2. The van der Waals surface area contributed by atoms with Gasteiger partial charge < -0.3 is 20.7 Å². The molecular weight excluding hydrogens is 493 g/mol. The molecule has 11 nitrogen and oxygen atoms in total. The molecule has 2 aromatic carbocycles. The van der Waals surface area contributed by atoms with Gasteiger partial charge in [0.05, 0.1) is 10.7 Å². The zero-order valence-electron chi connectivity index (χ0n) is 18.6. The van der Waals surface area contributed by atoms with Crippen LogP contribution in [0.25, 0.3) is 11.0 Å². The molecule has 0 saturated carbocycles. The molecule has 182 valence electrons. The standard InChI is InChI=1S/C23H17ClFN7O4/c1-32-20-18(21(31-32)30-22(34)12-3-4-14(25)13(24)7-12)27-10-28-19(20)23(35)26-8-11-2-5-16-15(6-11)29-17(33)9-36-16/h2-7,10H,8-9H2,1H3,(H,26,35)(H,29,33)(H,30,31,34). The van der Waals surface area contributed by atoms with E-state index in [-0.39, 0.29) is 46.7 Å². The van der Waals surface area contributed by atoms with Crippen molar-refractivity contribution in [2.45, 2.75) is 6.54 Å². The largest absolute Gasteiger partial charge is 0.482 e. The smallest absolute Gasteiger partial charge is 0.272 e. The molecule has 5 rings (SSSR count). The topological polar surface area (TPSA) is 140 Å². The van der Waals surface area contributed by atoms with Crippen LogP contribution in [0.5, 0.6) is 5.75 Å². The Morgan fingerprint density at radius 2 is 2.03 bits per heavy atom. The highest BCUT2D eigenvalue weighted by molar-refractivity contribution is 6.31. The third kappa shape index (κ3) is 4.41. The first-order valence-corrected chi connectivity index (χ1v) is 11.0. The molecule has 2 aromatic heterocycles. The summed E-state index contributed by atoms with van der Waals surface area (Å²) in [6.07, 6.45) is 1.19. The van der Waals surface area contributed by atoms with E-state index >= 15 is 0 Å². The van der Waals surface area contributed by atoms with Crippen molar-refractivity contribution in [2.75, 3.05) is 17.2 Å². The number of hydrogen-bond donors (Lipinski definition) is 3. The first-order chi connectivity index (χ1) is 17.3. The highest BCUT2D eigenvalue weighted by atomic mass is 35.5. The number of fused-ring (bicyclic) bond motifs is 2. The number of anilines is 2. The predicted molar refractivity (Wildman–Crippen MR) is 127 cm³/mol. The second kappa shape index (κ2) is 9.23. The Kier molecular flexibility index (Phi) is 5.94. The SMILES string of the molecule is Cn1nc(NC(=O)c2ccc(F)c(Cl)c2)c2ncnc(C(=O)NCc3ccc4c(c3)NC(=O)CO4)c21. The van der Waals surface area contributed by atoms with Crippen molar-refractivity contribution in [3.63, 3.8) is 0 Å². The van der Waals surface area contributed by atoms with Gasteiger partial charge in [-0.3, -0.25) is 19.1 Å². The van der Waals surface area contributed by atoms with Crippen LogP contribution in [-0.2, 0) is 18.4 Å². The minimum absolute atomic E-state index is 0.0441. The lowest BCUT2D eigenvalue weighted by molar-refractivity contribution is -0.118. The molecule has 3 N–H and O–H groups in total. The summed E-state index contributed by atoms with van der Waals surface area (Å²) in [6, 6.07) is 8.76. The van der Waals surface area contributed by atoms with E-state index in [1.165, 1.54) is 23.1 Å². The number of nitrogens with zero attached hydrogens (tertiary/aromatic N) is 4. The number of amides is 3. The Balaban J connectivity index is 1.35. The van der Waals surface area contributed by atoms with Gasteiger partial charge in [-0.2, -0.15) is 5.10 Å². The summed E-state index contributed by atoms with van der Waals surface area (Å²) in [7, 11) is 1.58. The molecule has 0 radical (unpaired) electrons. The number of carbonyl (C=O) groups excluding carboxylic acids is 3. The van der Waals surface area contributed by atoms with Gasteiger partial charge in [0.15, 0.2) is 18.1 Å². The van der Waals surface area contributed by atoms with E-state index in [0.717, 1.165) is 11.6 Å². The second-order valence-electron chi connectivity index (χ2n) is 7.82. The van der Waals surface area contributed by atoms with Gasteiger partial charge >= 0.3 is 0 Å². The predicted octanol–water partition coefficient (Wildman–Crippen LogP) is 2.67. The van der Waals surface area contributed by atoms with Crippen LogP contribution in [-0.4, -0.2) is 44.1 Å². The molecule has 0 spiro atoms. The Labute approximate surface area is 207 Å². The minimum atomic E-state index is -0.645. The summed E-state index contributed by atoms with van der Waals surface area (Å²) in [5.74, 6) is -1.33. The number of hydrogen-bond acceptors (Lipinski definition) is 7. The summed E-state index contributed by atoms with van der Waals surface area (Å²) < 4.78 is 20.1. The molecule has 0 unspecified atom stereocenters. The number of ether oxygens (including phenoxy) is 1. The fraction of sp³-hybridized carbons (Fsp3) is 0.130. The maximum atomic E-state index is 13.4. The summed E-state index contributed by atoms with van der Waals surface area (Å²) in [5.41, 5.74) is 1.97. The van der Waals surface area contributed by atoms with Crippen molar-refractivity contribution >= 4 is 51.9 Å². The fourth-order valence-corrected chi connectivity index (χ4v) is 3.86. The van der Waals surface area contributed by atoms with E-state index in [9.17, 15) is 18.8 Å². The number of carbonyl (C=O) groups is 3. The van der Waals surface area contributed by atoms with E-state index < -0.39 is 17.6 Å². The number of nitrogens with one attached hydrogen (secondary N) is 3. The van der Waals surface area contributed by atoms with E-state index in [2.05, 4.69) is 31.0 Å². The summed E-state index contributed by atoms with van der Waals surface area (Å²) >= 11 is 5.77. The van der Waals surface area contributed by atoms with E-state index in [4.69, 9.17) is 16.3 Å². The summed E-state index contributed by atoms with van der Waals surface area (Å²) in [5, 5.41) is 12.2. The van der Waals surface area contributed by atoms with Crippen molar-refractivity contribution in [3.05, 3.63) is 70.4 Å². The molecular formula is C23H17ClFN7O4. The minimum Gasteiger partial charge on any atom is -0.482 e. The highest BCUT2D eigenvalue weighted by Gasteiger charge is 2.22. The molecule has 0 bridgehead atoms. The monoisotopic (exact) mass is 509 g/mol. The number of aromatic nitrogens is 4. The lowest BCUT2D eigenvalue weighted by atomic mass is 10.1.